The van der Waals surface area contributed by atoms with E-state index in [9.17, 15) is 17.6 Å². The van der Waals surface area contributed by atoms with E-state index in [1.54, 1.807) is 12.1 Å². The van der Waals surface area contributed by atoms with Crippen molar-refractivity contribution < 1.29 is 17.6 Å². The van der Waals surface area contributed by atoms with Crippen LogP contribution < -0.4 is 5.32 Å². The van der Waals surface area contributed by atoms with Crippen molar-refractivity contribution in [1.82, 2.24) is 14.3 Å². The molecular weight excluding hydrogens is 443 g/mol. The molecule has 0 bridgehead atoms. The van der Waals surface area contributed by atoms with E-state index in [1.165, 1.54) is 16.4 Å². The lowest BCUT2D eigenvalue weighted by molar-refractivity contribution is -0.119. The van der Waals surface area contributed by atoms with E-state index in [-0.39, 0.29) is 11.4 Å². The minimum atomic E-state index is -3.93. The van der Waals surface area contributed by atoms with Gasteiger partial charge in [0.25, 0.3) is 0 Å². The average molecular weight is 465 g/mol. The highest BCUT2D eigenvalue weighted by molar-refractivity contribution is 7.89. The monoisotopic (exact) mass is 464 g/mol. The number of aromatic amines is 1. The molecule has 4 aromatic rings. The third-order valence-electron chi connectivity index (χ3n) is 5.76. The summed E-state index contributed by atoms with van der Waals surface area (Å²) in [7, 11) is -3.93. The SMILES string of the molecule is O=C(Nc1ccccc1-c1nc2ccccc2[nH]1)C1CCCN1S(=O)(=O)c1ccc(F)cc1. The first kappa shape index (κ1) is 21.3. The summed E-state index contributed by atoms with van der Waals surface area (Å²) < 4.78 is 40.7. The smallest absolute Gasteiger partial charge is 0.243 e. The van der Waals surface area contributed by atoms with Crippen LogP contribution in [0.1, 0.15) is 12.8 Å². The van der Waals surface area contributed by atoms with Gasteiger partial charge < -0.3 is 10.3 Å². The van der Waals surface area contributed by atoms with Crippen molar-refractivity contribution in [2.75, 3.05) is 11.9 Å². The molecule has 168 valence electrons. The van der Waals surface area contributed by atoms with E-state index >= 15 is 0 Å². The maximum absolute atomic E-state index is 13.3. The number of benzene rings is 3. The number of halogens is 1. The lowest BCUT2D eigenvalue weighted by Crippen LogP contribution is -2.43. The van der Waals surface area contributed by atoms with Crippen molar-refractivity contribution >= 4 is 32.7 Å². The molecule has 2 N–H and O–H groups in total. The lowest BCUT2D eigenvalue weighted by Gasteiger charge is -2.23. The first-order valence-electron chi connectivity index (χ1n) is 10.6. The molecule has 0 saturated carbocycles. The predicted octanol–water partition coefficient (Wildman–Crippen LogP) is 4.16. The van der Waals surface area contributed by atoms with Gasteiger partial charge >= 0.3 is 0 Å². The normalized spacial score (nSPS) is 16.8. The maximum Gasteiger partial charge on any atom is 0.243 e. The molecule has 1 aliphatic rings. The van der Waals surface area contributed by atoms with Gasteiger partial charge in [-0.3, -0.25) is 4.79 Å². The van der Waals surface area contributed by atoms with E-state index < -0.39 is 27.8 Å². The number of hydrogen-bond acceptors (Lipinski definition) is 4. The number of sulfonamides is 1. The molecule has 7 nitrogen and oxygen atoms in total. The molecule has 0 radical (unpaired) electrons. The van der Waals surface area contributed by atoms with Crippen LogP contribution in [0.3, 0.4) is 0 Å². The molecule has 0 aliphatic carbocycles. The number of nitrogens with one attached hydrogen (secondary N) is 2. The summed E-state index contributed by atoms with van der Waals surface area (Å²) in [5.74, 6) is -0.331. The number of carbonyl (C=O) groups excluding carboxylic acids is 1. The Hall–Kier alpha value is -3.56. The van der Waals surface area contributed by atoms with Gasteiger partial charge in [0, 0.05) is 12.1 Å². The predicted molar refractivity (Wildman–Crippen MR) is 123 cm³/mol. The minimum Gasteiger partial charge on any atom is -0.338 e. The zero-order valence-electron chi connectivity index (χ0n) is 17.5. The van der Waals surface area contributed by atoms with Crippen LogP contribution in [-0.2, 0) is 14.8 Å². The standard InChI is InChI=1S/C24H21FN4O3S/c25-16-11-13-17(14-12-16)33(31,32)29-15-5-10-22(29)24(30)28-19-7-2-1-6-18(19)23-26-20-8-3-4-9-21(20)27-23/h1-4,6-9,11-14,22H,5,10,15H2,(H,26,27)(H,28,30). The Kier molecular flexibility index (Phi) is 5.43. The molecule has 0 spiro atoms. The Balaban J connectivity index is 1.42. The van der Waals surface area contributed by atoms with Crippen molar-refractivity contribution in [3.05, 3.63) is 78.6 Å². The molecule has 1 fully saturated rings. The first-order chi connectivity index (χ1) is 15.9. The molecule has 5 rings (SSSR count). The summed E-state index contributed by atoms with van der Waals surface area (Å²) in [5.41, 5.74) is 2.92. The van der Waals surface area contributed by atoms with Crippen LogP contribution in [0.15, 0.2) is 77.7 Å². The quantitative estimate of drug-likeness (QED) is 0.464. The molecule has 9 heteroatoms. The van der Waals surface area contributed by atoms with Gasteiger partial charge in [0.2, 0.25) is 15.9 Å². The van der Waals surface area contributed by atoms with Gasteiger partial charge in [-0.25, -0.2) is 17.8 Å². The molecule has 1 aromatic heterocycles. The van der Waals surface area contributed by atoms with Crippen molar-refractivity contribution in [1.29, 1.82) is 0 Å². The van der Waals surface area contributed by atoms with Crippen molar-refractivity contribution in [3.63, 3.8) is 0 Å². The molecule has 33 heavy (non-hydrogen) atoms. The number of anilines is 1. The van der Waals surface area contributed by atoms with Gasteiger partial charge in [-0.2, -0.15) is 4.31 Å². The number of aromatic nitrogens is 2. The first-order valence-corrected chi connectivity index (χ1v) is 12.0. The average Bonchev–Trinajstić information content (AvgIpc) is 3.47. The van der Waals surface area contributed by atoms with Crippen molar-refractivity contribution in [2.24, 2.45) is 0 Å². The third-order valence-corrected chi connectivity index (χ3v) is 7.68. The molecule has 2 heterocycles. The van der Waals surface area contributed by atoms with Crippen LogP contribution in [0.2, 0.25) is 0 Å². The minimum absolute atomic E-state index is 0.0359. The van der Waals surface area contributed by atoms with Gasteiger partial charge in [-0.15, -0.1) is 0 Å². The van der Waals surface area contributed by atoms with E-state index in [4.69, 9.17) is 0 Å². The van der Waals surface area contributed by atoms with Gasteiger partial charge in [0.05, 0.1) is 21.6 Å². The number of para-hydroxylation sites is 3. The fraction of sp³-hybridized carbons (Fsp3) is 0.167. The Bertz CT molecular complexity index is 1400. The van der Waals surface area contributed by atoms with E-state index in [0.717, 1.165) is 23.2 Å². The molecular formula is C24H21FN4O3S. The Morgan fingerprint density at radius 3 is 2.55 bits per heavy atom. The molecule has 1 unspecified atom stereocenters. The lowest BCUT2D eigenvalue weighted by atomic mass is 10.1. The molecule has 1 saturated heterocycles. The highest BCUT2D eigenvalue weighted by Gasteiger charge is 2.39. The Labute approximate surface area is 190 Å². The van der Waals surface area contributed by atoms with E-state index in [1.807, 2.05) is 36.4 Å². The van der Waals surface area contributed by atoms with Crippen LogP contribution in [0.5, 0.6) is 0 Å². The van der Waals surface area contributed by atoms with Gasteiger partial charge in [-0.05, 0) is 61.4 Å². The number of imidazole rings is 1. The summed E-state index contributed by atoms with van der Waals surface area (Å²) in [6.07, 6.45) is 0.961. The number of hydrogen-bond donors (Lipinski definition) is 2. The van der Waals surface area contributed by atoms with E-state index in [2.05, 4.69) is 15.3 Å². The van der Waals surface area contributed by atoms with Crippen LogP contribution in [0.25, 0.3) is 22.4 Å². The van der Waals surface area contributed by atoms with Gasteiger partial charge in [0.1, 0.15) is 17.7 Å². The second kappa shape index (κ2) is 8.42. The van der Waals surface area contributed by atoms with Gasteiger partial charge in [0.15, 0.2) is 0 Å². The van der Waals surface area contributed by atoms with Crippen LogP contribution in [0.4, 0.5) is 10.1 Å². The number of carbonyl (C=O) groups is 1. The summed E-state index contributed by atoms with van der Waals surface area (Å²) >= 11 is 0. The summed E-state index contributed by atoms with van der Waals surface area (Å²) in [5, 5.41) is 2.89. The number of nitrogens with zero attached hydrogens (tertiary/aromatic N) is 2. The molecule has 1 aliphatic heterocycles. The largest absolute Gasteiger partial charge is 0.338 e. The summed E-state index contributed by atoms with van der Waals surface area (Å²) in [6.45, 7) is 0.225. The maximum atomic E-state index is 13.3. The topological polar surface area (TPSA) is 95.2 Å². The second-order valence-electron chi connectivity index (χ2n) is 7.87. The number of rotatable bonds is 5. The van der Waals surface area contributed by atoms with Gasteiger partial charge in [-0.1, -0.05) is 24.3 Å². The molecule has 1 amide bonds. The Morgan fingerprint density at radius 1 is 1.03 bits per heavy atom. The second-order valence-corrected chi connectivity index (χ2v) is 9.76. The number of amides is 1. The zero-order chi connectivity index (χ0) is 23.0. The fourth-order valence-corrected chi connectivity index (χ4v) is 5.78. The third kappa shape index (κ3) is 4.01. The van der Waals surface area contributed by atoms with Crippen LogP contribution in [0, 0.1) is 5.82 Å². The number of H-pyrrole nitrogens is 1. The highest BCUT2D eigenvalue weighted by atomic mass is 32.2. The van der Waals surface area contributed by atoms with Crippen LogP contribution >= 0.6 is 0 Å². The summed E-state index contributed by atoms with van der Waals surface area (Å²) in [4.78, 5) is 21.0. The number of fused-ring (bicyclic) bond motifs is 1. The highest BCUT2D eigenvalue weighted by Crippen LogP contribution is 2.30. The van der Waals surface area contributed by atoms with E-state index in [0.29, 0.717) is 29.9 Å². The Morgan fingerprint density at radius 2 is 1.76 bits per heavy atom. The molecule has 1 atom stereocenters. The zero-order valence-corrected chi connectivity index (χ0v) is 18.3. The van der Waals surface area contributed by atoms with Crippen molar-refractivity contribution in [3.8, 4) is 11.4 Å². The van der Waals surface area contributed by atoms with Crippen molar-refractivity contribution in [2.45, 2.75) is 23.8 Å². The fourth-order valence-electron chi connectivity index (χ4n) is 4.13. The van der Waals surface area contributed by atoms with Crippen LogP contribution in [-0.4, -0.2) is 41.2 Å². The molecule has 3 aromatic carbocycles. The summed E-state index contributed by atoms with van der Waals surface area (Å²) in [6, 6.07) is 18.6.